The zero-order valence-corrected chi connectivity index (χ0v) is 17.7. The van der Waals surface area contributed by atoms with Crippen molar-refractivity contribution in [2.45, 2.75) is 32.6 Å². The third kappa shape index (κ3) is 5.81. The third-order valence-corrected chi connectivity index (χ3v) is 5.35. The molecule has 0 bridgehead atoms. The Morgan fingerprint density at radius 1 is 1.11 bits per heavy atom. The lowest BCUT2D eigenvalue weighted by molar-refractivity contribution is -0.118. The maximum Gasteiger partial charge on any atom is 0.264 e. The van der Waals surface area contributed by atoms with Crippen LogP contribution in [0.25, 0.3) is 0 Å². The van der Waals surface area contributed by atoms with Crippen LogP contribution in [0, 0.1) is 0 Å². The third-order valence-electron chi connectivity index (χ3n) is 4.18. The molecule has 0 saturated heterocycles. The van der Waals surface area contributed by atoms with Gasteiger partial charge in [-0.15, -0.1) is 11.3 Å². The van der Waals surface area contributed by atoms with Crippen molar-refractivity contribution >= 4 is 34.0 Å². The number of amides is 1. The monoisotopic (exact) mass is 414 g/mol. The number of carbonyl (C=O) groups excluding carboxylic acids is 1. The molecule has 2 aromatic carbocycles. The average Bonchev–Trinajstić information content (AvgIpc) is 3.08. The topological polar surface area (TPSA) is 51.2 Å². The minimum absolute atomic E-state index is 0.0546. The Hall–Kier alpha value is -2.37. The number of hydrogen-bond donors (Lipinski definition) is 1. The molecular formula is C22H23ClN2O2S. The summed E-state index contributed by atoms with van der Waals surface area (Å²) in [6, 6.07) is 15.5. The van der Waals surface area contributed by atoms with Crippen LogP contribution in [0.15, 0.2) is 54.7 Å². The Bertz CT molecular complexity index is 928. The van der Waals surface area contributed by atoms with Gasteiger partial charge in [-0.2, -0.15) is 0 Å². The molecule has 1 amide bonds. The van der Waals surface area contributed by atoms with Gasteiger partial charge in [0.05, 0.1) is 0 Å². The number of nitrogens with zero attached hydrogens (tertiary/aromatic N) is 1. The van der Waals surface area contributed by atoms with Gasteiger partial charge in [0.1, 0.15) is 5.75 Å². The highest BCUT2D eigenvalue weighted by atomic mass is 35.5. The van der Waals surface area contributed by atoms with Gasteiger partial charge in [-0.3, -0.25) is 10.1 Å². The Balaban J connectivity index is 1.50. The van der Waals surface area contributed by atoms with Gasteiger partial charge in [0.25, 0.3) is 5.91 Å². The lowest BCUT2D eigenvalue weighted by Gasteiger charge is -2.19. The van der Waals surface area contributed by atoms with E-state index < -0.39 is 0 Å². The quantitative estimate of drug-likeness (QED) is 0.562. The summed E-state index contributed by atoms with van der Waals surface area (Å²) in [4.78, 5) is 17.5. The standard InChI is InChI=1S/C22H23ClN2O2S/c1-22(2,3)16-6-10-18(11-7-16)27-14-20(26)25-21-24-13-19(28-21)12-15-4-8-17(23)9-5-15/h4-11,13H,12,14H2,1-3H3,(H,24,25,26). The lowest BCUT2D eigenvalue weighted by atomic mass is 9.87. The van der Waals surface area contributed by atoms with E-state index in [1.807, 2.05) is 48.5 Å². The number of aromatic nitrogens is 1. The maximum absolute atomic E-state index is 12.1. The molecule has 3 aromatic rings. The number of carbonyl (C=O) groups is 1. The van der Waals surface area contributed by atoms with Gasteiger partial charge in [-0.1, -0.05) is 56.6 Å². The zero-order chi connectivity index (χ0) is 20.1. The van der Waals surface area contributed by atoms with E-state index in [2.05, 4.69) is 31.1 Å². The molecule has 0 aliphatic rings. The van der Waals surface area contributed by atoms with Crippen LogP contribution >= 0.6 is 22.9 Å². The van der Waals surface area contributed by atoms with E-state index in [1.165, 1.54) is 16.9 Å². The fourth-order valence-electron chi connectivity index (χ4n) is 2.61. The number of hydrogen-bond acceptors (Lipinski definition) is 4. The van der Waals surface area contributed by atoms with Crippen molar-refractivity contribution in [3.05, 3.63) is 75.8 Å². The van der Waals surface area contributed by atoms with Crippen LogP contribution in [0.2, 0.25) is 5.02 Å². The van der Waals surface area contributed by atoms with E-state index in [0.29, 0.717) is 15.9 Å². The predicted octanol–water partition coefficient (Wildman–Crippen LogP) is 5.70. The molecular weight excluding hydrogens is 392 g/mol. The first kappa shape index (κ1) is 20.4. The van der Waals surface area contributed by atoms with Gasteiger partial charge in [-0.05, 0) is 40.8 Å². The highest BCUT2D eigenvalue weighted by Gasteiger charge is 2.13. The Morgan fingerprint density at radius 3 is 2.43 bits per heavy atom. The summed E-state index contributed by atoms with van der Waals surface area (Å²) < 4.78 is 5.57. The first-order chi connectivity index (χ1) is 13.3. The first-order valence-corrected chi connectivity index (χ1v) is 10.2. The molecule has 0 saturated carbocycles. The SMILES string of the molecule is CC(C)(C)c1ccc(OCC(=O)Nc2ncc(Cc3ccc(Cl)cc3)s2)cc1. The zero-order valence-electron chi connectivity index (χ0n) is 16.2. The molecule has 1 heterocycles. The van der Waals surface area contributed by atoms with Crippen molar-refractivity contribution < 1.29 is 9.53 Å². The molecule has 6 heteroatoms. The van der Waals surface area contributed by atoms with Crippen LogP contribution in [-0.4, -0.2) is 17.5 Å². The molecule has 0 radical (unpaired) electrons. The van der Waals surface area contributed by atoms with Gasteiger partial charge in [0.15, 0.2) is 11.7 Å². The number of ether oxygens (including phenoxy) is 1. The molecule has 146 valence electrons. The lowest BCUT2D eigenvalue weighted by Crippen LogP contribution is -2.20. The van der Waals surface area contributed by atoms with Crippen molar-refractivity contribution in [2.24, 2.45) is 0 Å². The Labute approximate surface area is 174 Å². The van der Waals surface area contributed by atoms with E-state index in [-0.39, 0.29) is 17.9 Å². The summed E-state index contributed by atoms with van der Waals surface area (Å²) in [5, 5.41) is 4.07. The molecule has 0 unspecified atom stereocenters. The molecule has 1 N–H and O–H groups in total. The van der Waals surface area contributed by atoms with Crippen molar-refractivity contribution in [2.75, 3.05) is 11.9 Å². The van der Waals surface area contributed by atoms with Gasteiger partial charge in [0.2, 0.25) is 0 Å². The Kier molecular flexibility index (Phi) is 6.37. The number of thiazole rings is 1. The van der Waals surface area contributed by atoms with Crippen molar-refractivity contribution in [3.63, 3.8) is 0 Å². The second kappa shape index (κ2) is 8.76. The molecule has 0 aliphatic heterocycles. The summed E-state index contributed by atoms with van der Waals surface area (Å²) in [6.45, 7) is 6.42. The van der Waals surface area contributed by atoms with Crippen molar-refractivity contribution in [1.82, 2.24) is 4.98 Å². The van der Waals surface area contributed by atoms with E-state index in [4.69, 9.17) is 16.3 Å². The molecule has 1 aromatic heterocycles. The van der Waals surface area contributed by atoms with Gasteiger partial charge in [-0.25, -0.2) is 4.98 Å². The van der Waals surface area contributed by atoms with E-state index in [0.717, 1.165) is 16.9 Å². The van der Waals surface area contributed by atoms with E-state index in [1.54, 1.807) is 6.20 Å². The average molecular weight is 415 g/mol. The maximum atomic E-state index is 12.1. The molecule has 4 nitrogen and oxygen atoms in total. The summed E-state index contributed by atoms with van der Waals surface area (Å²) in [6.07, 6.45) is 2.53. The van der Waals surface area contributed by atoms with Crippen molar-refractivity contribution in [3.8, 4) is 5.75 Å². The predicted molar refractivity (Wildman–Crippen MR) is 116 cm³/mol. The van der Waals surface area contributed by atoms with Crippen LogP contribution in [-0.2, 0) is 16.6 Å². The summed E-state index contributed by atoms with van der Waals surface area (Å²) in [5.41, 5.74) is 2.46. The summed E-state index contributed by atoms with van der Waals surface area (Å²) in [7, 11) is 0. The van der Waals surface area contributed by atoms with Gasteiger partial charge in [0, 0.05) is 22.5 Å². The second-order valence-electron chi connectivity index (χ2n) is 7.55. The van der Waals surface area contributed by atoms with Crippen molar-refractivity contribution in [1.29, 1.82) is 0 Å². The molecule has 0 spiro atoms. The van der Waals surface area contributed by atoms with Gasteiger partial charge < -0.3 is 4.74 Å². The number of benzene rings is 2. The Morgan fingerprint density at radius 2 is 1.79 bits per heavy atom. The molecule has 3 rings (SSSR count). The van der Waals surface area contributed by atoms with Gasteiger partial charge >= 0.3 is 0 Å². The summed E-state index contributed by atoms with van der Waals surface area (Å²) in [5.74, 6) is 0.443. The fourth-order valence-corrected chi connectivity index (χ4v) is 3.59. The number of nitrogens with one attached hydrogen (secondary N) is 1. The number of rotatable bonds is 6. The van der Waals surface area contributed by atoms with Crippen LogP contribution < -0.4 is 10.1 Å². The number of anilines is 1. The van der Waals surface area contributed by atoms with Crippen LogP contribution in [0.1, 0.15) is 36.8 Å². The highest BCUT2D eigenvalue weighted by molar-refractivity contribution is 7.15. The molecule has 28 heavy (non-hydrogen) atoms. The minimum atomic E-state index is -0.229. The van der Waals surface area contributed by atoms with Crippen LogP contribution in [0.5, 0.6) is 5.75 Å². The fraction of sp³-hybridized carbons (Fsp3) is 0.273. The molecule has 0 aliphatic carbocycles. The smallest absolute Gasteiger partial charge is 0.264 e. The van der Waals surface area contributed by atoms with Crippen LogP contribution in [0.4, 0.5) is 5.13 Å². The minimum Gasteiger partial charge on any atom is -0.484 e. The largest absolute Gasteiger partial charge is 0.484 e. The highest BCUT2D eigenvalue weighted by Crippen LogP contribution is 2.25. The molecule has 0 atom stereocenters. The van der Waals surface area contributed by atoms with E-state index >= 15 is 0 Å². The number of halogens is 1. The summed E-state index contributed by atoms with van der Waals surface area (Å²) >= 11 is 7.36. The second-order valence-corrected chi connectivity index (χ2v) is 9.10. The van der Waals surface area contributed by atoms with E-state index in [9.17, 15) is 4.79 Å². The molecule has 0 fully saturated rings. The normalized spacial score (nSPS) is 11.3. The first-order valence-electron chi connectivity index (χ1n) is 9.02. The van der Waals surface area contributed by atoms with Crippen LogP contribution in [0.3, 0.4) is 0 Å².